The molecular formula is C13H16BrFN2OS. The molecule has 2 rings (SSSR count). The Balaban J connectivity index is 2.02. The third-order valence-electron chi connectivity index (χ3n) is 3.03. The molecule has 0 bridgehead atoms. The highest BCUT2D eigenvalue weighted by molar-refractivity contribution is 9.10. The highest BCUT2D eigenvalue weighted by Gasteiger charge is 2.19. The number of nitrogens with zero attached hydrogens (tertiary/aromatic N) is 1. The fourth-order valence-electron chi connectivity index (χ4n) is 1.89. The Morgan fingerprint density at radius 1 is 1.53 bits per heavy atom. The third-order valence-corrected chi connectivity index (χ3v) is 4.94. The summed E-state index contributed by atoms with van der Waals surface area (Å²) in [5.41, 5.74) is 0.468. The molecule has 1 unspecified atom stereocenters. The molecule has 3 nitrogen and oxygen atoms in total. The number of urea groups is 1. The summed E-state index contributed by atoms with van der Waals surface area (Å²) in [6.45, 7) is 3.65. The zero-order chi connectivity index (χ0) is 13.8. The lowest BCUT2D eigenvalue weighted by atomic mass is 10.3. The summed E-state index contributed by atoms with van der Waals surface area (Å²) in [6.07, 6.45) is 0.988. The minimum atomic E-state index is -0.362. The molecule has 1 heterocycles. The van der Waals surface area contributed by atoms with Gasteiger partial charge in [-0.1, -0.05) is 6.92 Å². The molecule has 1 aromatic rings. The molecule has 6 heteroatoms. The Bertz CT molecular complexity index is 472. The quantitative estimate of drug-likeness (QED) is 0.834. The number of thioether (sulfide) groups is 1. The maximum Gasteiger partial charge on any atom is 0.321 e. The molecule has 1 fully saturated rings. The van der Waals surface area contributed by atoms with Gasteiger partial charge in [-0.05, 0) is 40.5 Å². The van der Waals surface area contributed by atoms with E-state index in [0.29, 0.717) is 15.4 Å². The highest BCUT2D eigenvalue weighted by atomic mass is 79.9. The van der Waals surface area contributed by atoms with Crippen LogP contribution in [0, 0.1) is 5.82 Å². The number of anilines is 1. The van der Waals surface area contributed by atoms with Crippen LogP contribution in [0.5, 0.6) is 0 Å². The van der Waals surface area contributed by atoms with Gasteiger partial charge in [-0.25, -0.2) is 9.18 Å². The van der Waals surface area contributed by atoms with E-state index >= 15 is 0 Å². The van der Waals surface area contributed by atoms with Crippen molar-refractivity contribution in [2.45, 2.75) is 18.6 Å². The second-order valence-electron chi connectivity index (χ2n) is 4.51. The van der Waals surface area contributed by atoms with Gasteiger partial charge in [0.2, 0.25) is 0 Å². The van der Waals surface area contributed by atoms with Crippen LogP contribution in [-0.2, 0) is 0 Å². The number of carbonyl (C=O) groups excluding carboxylic acids is 1. The molecule has 0 saturated carbocycles. The molecule has 1 saturated heterocycles. The van der Waals surface area contributed by atoms with E-state index in [0.717, 1.165) is 25.3 Å². The Hall–Kier alpha value is -0.750. The molecule has 1 N–H and O–H groups in total. The van der Waals surface area contributed by atoms with E-state index in [2.05, 4.69) is 28.2 Å². The van der Waals surface area contributed by atoms with Crippen LogP contribution < -0.4 is 5.32 Å². The van der Waals surface area contributed by atoms with Gasteiger partial charge in [0.25, 0.3) is 0 Å². The minimum absolute atomic E-state index is 0.166. The Labute approximate surface area is 125 Å². The summed E-state index contributed by atoms with van der Waals surface area (Å²) in [7, 11) is 0. The van der Waals surface area contributed by atoms with Crippen molar-refractivity contribution >= 4 is 39.4 Å². The van der Waals surface area contributed by atoms with E-state index in [4.69, 9.17) is 0 Å². The molecule has 1 aromatic carbocycles. The van der Waals surface area contributed by atoms with Crippen LogP contribution in [0.4, 0.5) is 14.9 Å². The van der Waals surface area contributed by atoms with Crippen LogP contribution in [0.2, 0.25) is 0 Å². The number of halogens is 2. The normalized spacial score (nSPS) is 19.9. The average molecular weight is 347 g/mol. The topological polar surface area (TPSA) is 32.3 Å². The smallest absolute Gasteiger partial charge is 0.321 e. The molecule has 2 amide bonds. The van der Waals surface area contributed by atoms with E-state index in [9.17, 15) is 9.18 Å². The SMILES string of the molecule is CC1CCN(C(=O)Nc2cc(F)ccc2Br)CCS1. The van der Waals surface area contributed by atoms with Gasteiger partial charge in [0.15, 0.2) is 0 Å². The summed E-state index contributed by atoms with van der Waals surface area (Å²) in [6, 6.07) is 4.09. The van der Waals surface area contributed by atoms with Gasteiger partial charge in [0.1, 0.15) is 5.82 Å². The van der Waals surface area contributed by atoms with Crippen LogP contribution >= 0.6 is 27.7 Å². The number of hydrogen-bond acceptors (Lipinski definition) is 2. The molecule has 0 aliphatic carbocycles. The zero-order valence-electron chi connectivity index (χ0n) is 10.7. The number of hydrogen-bond donors (Lipinski definition) is 1. The average Bonchev–Trinajstić information content (AvgIpc) is 2.59. The summed E-state index contributed by atoms with van der Waals surface area (Å²) in [5.74, 6) is 0.581. The minimum Gasteiger partial charge on any atom is -0.324 e. The standard InChI is InChI=1S/C13H16BrFN2OS/c1-9-4-5-17(6-7-19-9)13(18)16-12-8-10(15)2-3-11(12)14/h2-3,8-9H,4-7H2,1H3,(H,16,18). The van der Waals surface area contributed by atoms with Crippen LogP contribution in [0.25, 0.3) is 0 Å². The fourth-order valence-corrected chi connectivity index (χ4v) is 3.23. The lowest BCUT2D eigenvalue weighted by Crippen LogP contribution is -2.36. The maximum atomic E-state index is 13.2. The lowest BCUT2D eigenvalue weighted by Gasteiger charge is -2.21. The van der Waals surface area contributed by atoms with E-state index in [1.807, 2.05) is 11.8 Å². The van der Waals surface area contributed by atoms with Gasteiger partial charge >= 0.3 is 6.03 Å². The predicted octanol–water partition coefficient (Wildman–Crippen LogP) is 3.95. The van der Waals surface area contributed by atoms with Crippen LogP contribution in [0.15, 0.2) is 22.7 Å². The van der Waals surface area contributed by atoms with Gasteiger partial charge in [0.05, 0.1) is 5.69 Å². The van der Waals surface area contributed by atoms with Crippen molar-refractivity contribution < 1.29 is 9.18 Å². The number of carbonyl (C=O) groups is 1. The maximum absolute atomic E-state index is 13.2. The first-order valence-electron chi connectivity index (χ1n) is 6.19. The Morgan fingerprint density at radius 2 is 2.32 bits per heavy atom. The highest BCUT2D eigenvalue weighted by Crippen LogP contribution is 2.24. The van der Waals surface area contributed by atoms with E-state index in [-0.39, 0.29) is 11.8 Å². The number of nitrogens with one attached hydrogen (secondary N) is 1. The first-order valence-corrected chi connectivity index (χ1v) is 8.03. The lowest BCUT2D eigenvalue weighted by molar-refractivity contribution is 0.215. The summed E-state index contributed by atoms with van der Waals surface area (Å²) < 4.78 is 13.8. The van der Waals surface area contributed by atoms with Crippen LogP contribution in [-0.4, -0.2) is 35.0 Å². The van der Waals surface area contributed by atoms with Crippen molar-refractivity contribution in [1.29, 1.82) is 0 Å². The molecule has 0 aromatic heterocycles. The molecule has 0 spiro atoms. The summed E-state index contributed by atoms with van der Waals surface area (Å²) in [4.78, 5) is 13.9. The van der Waals surface area contributed by atoms with Crippen molar-refractivity contribution in [3.8, 4) is 0 Å². The van der Waals surface area contributed by atoms with Gasteiger partial charge < -0.3 is 10.2 Å². The molecule has 0 radical (unpaired) electrons. The van der Waals surface area contributed by atoms with Gasteiger partial charge in [-0.3, -0.25) is 0 Å². The van der Waals surface area contributed by atoms with Gasteiger partial charge in [0, 0.05) is 28.6 Å². The molecular weight excluding hydrogens is 331 g/mol. The summed E-state index contributed by atoms with van der Waals surface area (Å²) in [5, 5.41) is 3.34. The number of amides is 2. The van der Waals surface area contributed by atoms with Gasteiger partial charge in [-0.15, -0.1) is 0 Å². The van der Waals surface area contributed by atoms with E-state index in [1.165, 1.54) is 12.1 Å². The number of rotatable bonds is 1. The summed E-state index contributed by atoms with van der Waals surface area (Å²) >= 11 is 5.18. The molecule has 1 aliphatic heterocycles. The van der Waals surface area contributed by atoms with Gasteiger partial charge in [-0.2, -0.15) is 11.8 Å². The first kappa shape index (κ1) is 14.7. The van der Waals surface area contributed by atoms with Crippen molar-refractivity contribution in [2.24, 2.45) is 0 Å². The Morgan fingerprint density at radius 3 is 3.11 bits per heavy atom. The van der Waals surface area contributed by atoms with Crippen molar-refractivity contribution in [3.63, 3.8) is 0 Å². The molecule has 1 aliphatic rings. The van der Waals surface area contributed by atoms with Crippen molar-refractivity contribution in [2.75, 3.05) is 24.2 Å². The zero-order valence-corrected chi connectivity index (χ0v) is 13.1. The van der Waals surface area contributed by atoms with E-state index in [1.54, 1.807) is 11.0 Å². The van der Waals surface area contributed by atoms with Crippen molar-refractivity contribution in [1.82, 2.24) is 4.90 Å². The van der Waals surface area contributed by atoms with Crippen LogP contribution in [0.1, 0.15) is 13.3 Å². The molecule has 19 heavy (non-hydrogen) atoms. The predicted molar refractivity (Wildman–Crippen MR) is 81.2 cm³/mol. The van der Waals surface area contributed by atoms with E-state index < -0.39 is 0 Å². The largest absolute Gasteiger partial charge is 0.324 e. The first-order chi connectivity index (χ1) is 9.06. The second kappa shape index (κ2) is 6.61. The third kappa shape index (κ3) is 4.11. The second-order valence-corrected chi connectivity index (χ2v) is 6.91. The number of benzene rings is 1. The van der Waals surface area contributed by atoms with Crippen LogP contribution in [0.3, 0.4) is 0 Å². The molecule has 1 atom stereocenters. The fraction of sp³-hybridized carbons (Fsp3) is 0.462. The molecule has 104 valence electrons. The monoisotopic (exact) mass is 346 g/mol. The Kier molecular flexibility index (Phi) is 5.10. The van der Waals surface area contributed by atoms with Crippen molar-refractivity contribution in [3.05, 3.63) is 28.5 Å².